The van der Waals surface area contributed by atoms with Gasteiger partial charge >= 0.3 is 0 Å². The highest BCUT2D eigenvalue weighted by Crippen LogP contribution is 1.95. The van der Waals surface area contributed by atoms with Gasteiger partial charge in [-0.1, -0.05) is 13.3 Å². The van der Waals surface area contributed by atoms with Crippen molar-refractivity contribution in [2.45, 2.75) is 33.1 Å². The number of ether oxygens (including phenoxy) is 2. The topological polar surface area (TPSA) is 58.1 Å². The summed E-state index contributed by atoms with van der Waals surface area (Å²) >= 11 is 0. The summed E-state index contributed by atoms with van der Waals surface area (Å²) in [5.41, 5.74) is 0. The number of hydrogen-bond acceptors (Lipinski definition) is 4. The highest BCUT2D eigenvalue weighted by Gasteiger charge is 2.09. The van der Waals surface area contributed by atoms with Crippen LogP contribution in [0.4, 0.5) is 0 Å². The molecular weight excluding hydrogens is 280 g/mol. The molecule has 0 atom stereocenters. The van der Waals surface area contributed by atoms with Crippen LogP contribution in [0.5, 0.6) is 0 Å². The molecule has 0 spiro atoms. The molecule has 1 saturated heterocycles. The molecule has 0 saturated carbocycles. The molecule has 0 radical (unpaired) electrons. The summed E-state index contributed by atoms with van der Waals surface area (Å²) in [6, 6.07) is 0. The molecule has 2 N–H and O–H groups in total. The van der Waals surface area contributed by atoms with Gasteiger partial charge in [0, 0.05) is 52.5 Å². The highest BCUT2D eigenvalue weighted by molar-refractivity contribution is 5.79. The molecule has 0 aromatic heterocycles. The lowest BCUT2D eigenvalue weighted by Crippen LogP contribution is -2.44. The predicted octanol–water partition coefficient (Wildman–Crippen LogP) is 1.08. The zero-order valence-corrected chi connectivity index (χ0v) is 14.4. The van der Waals surface area contributed by atoms with E-state index in [-0.39, 0.29) is 0 Å². The van der Waals surface area contributed by atoms with Gasteiger partial charge in [0.1, 0.15) is 0 Å². The smallest absolute Gasteiger partial charge is 0.191 e. The lowest BCUT2D eigenvalue weighted by Gasteiger charge is -2.26. The largest absolute Gasteiger partial charge is 0.381 e. The first kappa shape index (κ1) is 19.2. The average molecular weight is 314 g/mol. The van der Waals surface area contributed by atoms with Crippen molar-refractivity contribution in [1.82, 2.24) is 15.5 Å². The Morgan fingerprint density at radius 2 is 1.91 bits per heavy atom. The Morgan fingerprint density at radius 3 is 2.64 bits per heavy atom. The summed E-state index contributed by atoms with van der Waals surface area (Å²) in [7, 11) is 0. The number of morpholine rings is 1. The van der Waals surface area contributed by atoms with Crippen LogP contribution in [0.3, 0.4) is 0 Å². The first-order valence-electron chi connectivity index (χ1n) is 8.76. The zero-order chi connectivity index (χ0) is 15.9. The second-order valence-electron chi connectivity index (χ2n) is 5.46. The standard InChI is InChI=1S/C16H34N4O2/c1-3-5-12-21-13-6-7-18-16(17-4-2)19-8-9-20-10-14-22-15-11-20/h3-15H2,1-2H3,(H2,17,18,19). The lowest BCUT2D eigenvalue weighted by molar-refractivity contribution is 0.0389. The minimum Gasteiger partial charge on any atom is -0.381 e. The van der Waals surface area contributed by atoms with Gasteiger partial charge in [0.2, 0.25) is 0 Å². The van der Waals surface area contributed by atoms with E-state index < -0.39 is 0 Å². The quantitative estimate of drug-likeness (QED) is 0.339. The molecule has 0 aromatic rings. The summed E-state index contributed by atoms with van der Waals surface area (Å²) in [6.07, 6.45) is 3.31. The molecule has 1 heterocycles. The van der Waals surface area contributed by atoms with Gasteiger partial charge in [-0.25, -0.2) is 0 Å². The normalized spacial score (nSPS) is 16.7. The number of hydrogen-bond donors (Lipinski definition) is 2. The maximum Gasteiger partial charge on any atom is 0.191 e. The molecule has 0 aromatic carbocycles. The van der Waals surface area contributed by atoms with E-state index in [0.717, 1.165) is 84.5 Å². The first-order valence-corrected chi connectivity index (χ1v) is 8.76. The van der Waals surface area contributed by atoms with Crippen molar-refractivity contribution in [1.29, 1.82) is 0 Å². The fraction of sp³-hybridized carbons (Fsp3) is 0.938. The Balaban J connectivity index is 2.09. The van der Waals surface area contributed by atoms with Crippen LogP contribution in [0.2, 0.25) is 0 Å². The Labute approximate surface area is 135 Å². The molecule has 1 aliphatic rings. The first-order chi connectivity index (χ1) is 10.9. The van der Waals surface area contributed by atoms with E-state index in [1.165, 1.54) is 6.42 Å². The maximum atomic E-state index is 5.55. The molecule has 0 amide bonds. The molecule has 130 valence electrons. The summed E-state index contributed by atoms with van der Waals surface area (Å²) in [4.78, 5) is 7.00. The Morgan fingerprint density at radius 1 is 1.14 bits per heavy atom. The second kappa shape index (κ2) is 13.8. The summed E-state index contributed by atoms with van der Waals surface area (Å²) in [5, 5.41) is 6.68. The van der Waals surface area contributed by atoms with Gasteiger partial charge in [-0.15, -0.1) is 0 Å². The van der Waals surface area contributed by atoms with Gasteiger partial charge in [0.25, 0.3) is 0 Å². The van der Waals surface area contributed by atoms with Crippen molar-refractivity contribution in [3.63, 3.8) is 0 Å². The SMILES string of the molecule is CCCCOCCCN=C(NCC)NCCN1CCOCC1. The third kappa shape index (κ3) is 9.97. The van der Waals surface area contributed by atoms with Gasteiger partial charge in [0.05, 0.1) is 13.2 Å². The van der Waals surface area contributed by atoms with Crippen molar-refractivity contribution in [2.24, 2.45) is 4.99 Å². The number of rotatable bonds is 11. The van der Waals surface area contributed by atoms with Crippen LogP contribution < -0.4 is 10.6 Å². The number of nitrogens with one attached hydrogen (secondary N) is 2. The molecule has 0 bridgehead atoms. The third-order valence-electron chi connectivity index (χ3n) is 3.53. The number of unbranched alkanes of at least 4 members (excludes halogenated alkanes) is 1. The fourth-order valence-electron chi connectivity index (χ4n) is 2.20. The third-order valence-corrected chi connectivity index (χ3v) is 3.53. The number of guanidine groups is 1. The lowest BCUT2D eigenvalue weighted by atomic mass is 10.4. The Kier molecular flexibility index (Phi) is 12.0. The van der Waals surface area contributed by atoms with Crippen LogP contribution in [-0.4, -0.2) is 76.6 Å². The van der Waals surface area contributed by atoms with E-state index in [4.69, 9.17) is 9.47 Å². The monoisotopic (exact) mass is 314 g/mol. The van der Waals surface area contributed by atoms with E-state index in [1.807, 2.05) is 0 Å². The van der Waals surface area contributed by atoms with Crippen LogP contribution in [0.25, 0.3) is 0 Å². The Hall–Kier alpha value is -0.850. The van der Waals surface area contributed by atoms with E-state index in [0.29, 0.717) is 0 Å². The molecule has 6 nitrogen and oxygen atoms in total. The van der Waals surface area contributed by atoms with Crippen LogP contribution in [0.15, 0.2) is 4.99 Å². The zero-order valence-electron chi connectivity index (χ0n) is 14.4. The van der Waals surface area contributed by atoms with E-state index in [9.17, 15) is 0 Å². The molecule has 6 heteroatoms. The molecule has 22 heavy (non-hydrogen) atoms. The average Bonchev–Trinajstić information content (AvgIpc) is 2.55. The second-order valence-corrected chi connectivity index (χ2v) is 5.46. The maximum absolute atomic E-state index is 5.55. The summed E-state index contributed by atoms with van der Waals surface area (Å²) in [5.74, 6) is 0.907. The van der Waals surface area contributed by atoms with Gasteiger partial charge in [0.15, 0.2) is 5.96 Å². The highest BCUT2D eigenvalue weighted by atomic mass is 16.5. The van der Waals surface area contributed by atoms with E-state index in [2.05, 4.69) is 34.4 Å². The van der Waals surface area contributed by atoms with Gasteiger partial charge in [-0.05, 0) is 19.8 Å². The minimum absolute atomic E-state index is 0.802. The van der Waals surface area contributed by atoms with Crippen molar-refractivity contribution >= 4 is 5.96 Å². The molecule has 1 aliphatic heterocycles. The van der Waals surface area contributed by atoms with E-state index in [1.54, 1.807) is 0 Å². The molecule has 1 fully saturated rings. The van der Waals surface area contributed by atoms with Gasteiger partial charge in [-0.2, -0.15) is 0 Å². The predicted molar refractivity (Wildman–Crippen MR) is 91.6 cm³/mol. The van der Waals surface area contributed by atoms with Crippen molar-refractivity contribution in [2.75, 3.05) is 65.7 Å². The summed E-state index contributed by atoms with van der Waals surface area (Å²) < 4.78 is 10.9. The van der Waals surface area contributed by atoms with Crippen LogP contribution in [0.1, 0.15) is 33.1 Å². The van der Waals surface area contributed by atoms with Gasteiger partial charge < -0.3 is 20.1 Å². The van der Waals surface area contributed by atoms with Gasteiger partial charge in [-0.3, -0.25) is 9.89 Å². The Bertz CT molecular complexity index is 281. The number of aliphatic imine (C=N–C) groups is 1. The molecule has 0 unspecified atom stereocenters. The molecule has 1 rings (SSSR count). The number of nitrogens with zero attached hydrogens (tertiary/aromatic N) is 2. The summed E-state index contributed by atoms with van der Waals surface area (Å²) in [6.45, 7) is 13.4. The van der Waals surface area contributed by atoms with E-state index >= 15 is 0 Å². The van der Waals surface area contributed by atoms with Crippen LogP contribution in [0, 0.1) is 0 Å². The van der Waals surface area contributed by atoms with Crippen LogP contribution >= 0.6 is 0 Å². The minimum atomic E-state index is 0.802. The van der Waals surface area contributed by atoms with Crippen molar-refractivity contribution in [3.05, 3.63) is 0 Å². The molecular formula is C16H34N4O2. The van der Waals surface area contributed by atoms with Crippen LogP contribution in [-0.2, 0) is 9.47 Å². The van der Waals surface area contributed by atoms with Crippen molar-refractivity contribution in [3.8, 4) is 0 Å². The van der Waals surface area contributed by atoms with Crippen molar-refractivity contribution < 1.29 is 9.47 Å². The molecule has 0 aliphatic carbocycles. The fourth-order valence-corrected chi connectivity index (χ4v) is 2.20.